The van der Waals surface area contributed by atoms with E-state index in [4.69, 9.17) is 5.73 Å². The summed E-state index contributed by atoms with van der Waals surface area (Å²) in [5, 5.41) is 2.99. The lowest BCUT2D eigenvalue weighted by atomic mass is 9.67. The van der Waals surface area contributed by atoms with Crippen LogP contribution in [0.3, 0.4) is 0 Å². The van der Waals surface area contributed by atoms with Gasteiger partial charge in [0.2, 0.25) is 0 Å². The molecule has 5 nitrogen and oxygen atoms in total. The van der Waals surface area contributed by atoms with Gasteiger partial charge in [-0.3, -0.25) is 9.69 Å². The van der Waals surface area contributed by atoms with Gasteiger partial charge in [-0.15, -0.1) is 0 Å². The second-order valence-electron chi connectivity index (χ2n) is 8.61. The molecule has 0 radical (unpaired) electrons. The summed E-state index contributed by atoms with van der Waals surface area (Å²) in [6, 6.07) is -0.263. The molecule has 0 aromatic carbocycles. The predicted molar refractivity (Wildman–Crippen MR) is 91.9 cm³/mol. The molecule has 3 N–H and O–H groups in total. The van der Waals surface area contributed by atoms with Gasteiger partial charge in [0.15, 0.2) is 0 Å². The number of nitrogens with zero attached hydrogens (tertiary/aromatic N) is 1. The van der Waals surface area contributed by atoms with Crippen molar-refractivity contribution in [3.8, 4) is 0 Å². The molecule has 1 aliphatic heterocycles. The Balaban J connectivity index is 2.10. The van der Waals surface area contributed by atoms with Gasteiger partial charge in [0.05, 0.1) is 0 Å². The maximum absolute atomic E-state index is 12.9. The summed E-state index contributed by atoms with van der Waals surface area (Å²) >= 11 is 0. The summed E-state index contributed by atoms with van der Waals surface area (Å²) in [7, 11) is 0. The van der Waals surface area contributed by atoms with Crippen molar-refractivity contribution in [3.63, 3.8) is 0 Å². The molecule has 0 aromatic heterocycles. The van der Waals surface area contributed by atoms with Crippen molar-refractivity contribution < 1.29 is 9.59 Å². The van der Waals surface area contributed by atoms with Crippen molar-refractivity contribution >= 4 is 11.9 Å². The molecular formula is C18H33N3O2. The molecule has 0 aromatic rings. The maximum atomic E-state index is 12.9. The van der Waals surface area contributed by atoms with Crippen molar-refractivity contribution in [3.05, 3.63) is 0 Å². The molecule has 1 aliphatic carbocycles. The average molecular weight is 323 g/mol. The summed E-state index contributed by atoms with van der Waals surface area (Å²) in [6.07, 6.45) is 4.95. The number of rotatable bonds is 4. The monoisotopic (exact) mass is 323 g/mol. The van der Waals surface area contributed by atoms with Gasteiger partial charge in [-0.25, -0.2) is 4.79 Å². The molecule has 2 aliphatic rings. The number of amides is 3. The van der Waals surface area contributed by atoms with Crippen LogP contribution < -0.4 is 11.1 Å². The smallest absolute Gasteiger partial charge is 0.324 e. The Kier molecular flexibility index (Phi) is 4.82. The summed E-state index contributed by atoms with van der Waals surface area (Å²) in [5.74, 6) is 0.540. The molecule has 1 spiro atoms. The fourth-order valence-corrected chi connectivity index (χ4v) is 3.92. The SMILES string of the molecule is CCC(N)(CC)CN1C(=O)NC2(CCC(C(C)(C)C)CC2)C1=O. The minimum Gasteiger partial charge on any atom is -0.324 e. The van der Waals surface area contributed by atoms with E-state index in [9.17, 15) is 9.59 Å². The van der Waals surface area contributed by atoms with Gasteiger partial charge >= 0.3 is 6.03 Å². The first-order chi connectivity index (χ1) is 10.6. The van der Waals surface area contributed by atoms with Gasteiger partial charge in [0, 0.05) is 12.1 Å². The van der Waals surface area contributed by atoms with Crippen LogP contribution in [0.4, 0.5) is 4.79 Å². The number of carbonyl (C=O) groups is 2. The van der Waals surface area contributed by atoms with Crippen LogP contribution in [0.1, 0.15) is 73.1 Å². The molecule has 0 atom stereocenters. The first-order valence-electron chi connectivity index (χ1n) is 9.00. The van der Waals surface area contributed by atoms with E-state index < -0.39 is 11.1 Å². The highest BCUT2D eigenvalue weighted by molar-refractivity contribution is 6.07. The zero-order chi connectivity index (χ0) is 17.5. The molecule has 2 fully saturated rings. The van der Waals surface area contributed by atoms with Gasteiger partial charge in [-0.2, -0.15) is 0 Å². The molecule has 2 rings (SSSR count). The van der Waals surface area contributed by atoms with Crippen LogP contribution in [0.2, 0.25) is 0 Å². The summed E-state index contributed by atoms with van der Waals surface area (Å²) in [4.78, 5) is 26.7. The highest BCUT2D eigenvalue weighted by Crippen LogP contribution is 2.43. The number of nitrogens with two attached hydrogens (primary N) is 1. The van der Waals surface area contributed by atoms with E-state index in [1.165, 1.54) is 4.90 Å². The van der Waals surface area contributed by atoms with E-state index in [0.717, 1.165) is 38.5 Å². The molecule has 1 saturated heterocycles. The van der Waals surface area contributed by atoms with E-state index >= 15 is 0 Å². The number of imide groups is 1. The largest absolute Gasteiger partial charge is 0.325 e. The van der Waals surface area contributed by atoms with E-state index in [1.807, 2.05) is 13.8 Å². The van der Waals surface area contributed by atoms with Crippen molar-refractivity contribution in [2.75, 3.05) is 6.54 Å². The zero-order valence-corrected chi connectivity index (χ0v) is 15.4. The fraction of sp³-hybridized carbons (Fsp3) is 0.889. The normalized spacial score (nSPS) is 29.3. The van der Waals surface area contributed by atoms with Gasteiger partial charge < -0.3 is 11.1 Å². The quantitative estimate of drug-likeness (QED) is 0.781. The van der Waals surface area contributed by atoms with Crippen LogP contribution in [0, 0.1) is 11.3 Å². The zero-order valence-electron chi connectivity index (χ0n) is 15.4. The van der Waals surface area contributed by atoms with Gasteiger partial charge in [-0.05, 0) is 49.9 Å². The van der Waals surface area contributed by atoms with Gasteiger partial charge in [0.1, 0.15) is 5.54 Å². The number of carbonyl (C=O) groups excluding carboxylic acids is 2. The van der Waals surface area contributed by atoms with E-state index in [-0.39, 0.29) is 17.4 Å². The van der Waals surface area contributed by atoms with Crippen molar-refractivity contribution in [2.45, 2.75) is 84.2 Å². The van der Waals surface area contributed by atoms with Crippen LogP contribution in [0.15, 0.2) is 0 Å². The lowest BCUT2D eigenvalue weighted by molar-refractivity contribution is -0.133. The topological polar surface area (TPSA) is 75.4 Å². The van der Waals surface area contributed by atoms with E-state index in [2.05, 4.69) is 26.1 Å². The molecule has 5 heteroatoms. The lowest BCUT2D eigenvalue weighted by Gasteiger charge is -2.40. The average Bonchev–Trinajstić information content (AvgIpc) is 2.71. The molecule has 1 saturated carbocycles. The van der Waals surface area contributed by atoms with Gasteiger partial charge in [-0.1, -0.05) is 34.6 Å². The summed E-state index contributed by atoms with van der Waals surface area (Å²) in [6.45, 7) is 11.1. The third-order valence-corrected chi connectivity index (χ3v) is 6.19. The maximum Gasteiger partial charge on any atom is 0.325 e. The molecule has 23 heavy (non-hydrogen) atoms. The number of nitrogens with one attached hydrogen (secondary N) is 1. The van der Waals surface area contributed by atoms with Gasteiger partial charge in [0.25, 0.3) is 5.91 Å². The Labute approximate surface area is 140 Å². The summed E-state index contributed by atoms with van der Waals surface area (Å²) in [5.41, 5.74) is 5.41. The van der Waals surface area contributed by atoms with E-state index in [1.54, 1.807) is 0 Å². The number of hydrogen-bond donors (Lipinski definition) is 2. The minimum atomic E-state index is -0.679. The Morgan fingerprint density at radius 1 is 1.17 bits per heavy atom. The Hall–Kier alpha value is -1.10. The Morgan fingerprint density at radius 3 is 2.13 bits per heavy atom. The predicted octanol–water partition coefficient (Wildman–Crippen LogP) is 3.03. The molecule has 132 valence electrons. The van der Waals surface area contributed by atoms with Crippen molar-refractivity contribution in [1.29, 1.82) is 0 Å². The Morgan fingerprint density at radius 2 is 1.70 bits per heavy atom. The van der Waals surface area contributed by atoms with Crippen LogP contribution >= 0.6 is 0 Å². The van der Waals surface area contributed by atoms with Crippen LogP contribution in [0.5, 0.6) is 0 Å². The summed E-state index contributed by atoms with van der Waals surface area (Å²) < 4.78 is 0. The van der Waals surface area contributed by atoms with Crippen molar-refractivity contribution in [2.24, 2.45) is 17.1 Å². The Bertz CT molecular complexity index is 469. The minimum absolute atomic E-state index is 0.0633. The second-order valence-corrected chi connectivity index (χ2v) is 8.61. The molecular weight excluding hydrogens is 290 g/mol. The third kappa shape index (κ3) is 3.39. The fourth-order valence-electron chi connectivity index (χ4n) is 3.92. The van der Waals surface area contributed by atoms with Crippen molar-refractivity contribution in [1.82, 2.24) is 10.2 Å². The first kappa shape index (κ1) is 18.2. The highest BCUT2D eigenvalue weighted by Gasteiger charge is 2.54. The van der Waals surface area contributed by atoms with E-state index in [0.29, 0.717) is 12.5 Å². The molecule has 0 bridgehead atoms. The molecule has 3 amide bonds. The number of urea groups is 1. The second kappa shape index (κ2) is 6.08. The first-order valence-corrected chi connectivity index (χ1v) is 9.00. The third-order valence-electron chi connectivity index (χ3n) is 6.19. The molecule has 1 heterocycles. The highest BCUT2D eigenvalue weighted by atomic mass is 16.2. The van der Waals surface area contributed by atoms with Crippen LogP contribution in [0.25, 0.3) is 0 Å². The molecule has 0 unspecified atom stereocenters. The van der Waals surface area contributed by atoms with Crippen LogP contribution in [-0.2, 0) is 4.79 Å². The van der Waals surface area contributed by atoms with Crippen LogP contribution in [-0.4, -0.2) is 34.5 Å². The number of hydrogen-bond acceptors (Lipinski definition) is 3. The lowest BCUT2D eigenvalue weighted by Crippen LogP contribution is -2.53. The standard InChI is InChI=1S/C18H33N3O2/c1-6-17(19,7-2)12-21-14(22)18(20-15(21)23)10-8-13(9-11-18)16(3,4)5/h13H,6-12,19H2,1-5H3,(H,20,23).